The van der Waals surface area contributed by atoms with Crippen molar-refractivity contribution >= 4 is 28.2 Å². The Morgan fingerprint density at radius 2 is 1.21 bits per heavy atom. The van der Waals surface area contributed by atoms with E-state index in [1.54, 1.807) is 24.3 Å². The first kappa shape index (κ1) is 23.3. The highest BCUT2D eigenvalue weighted by Crippen LogP contribution is 2.48. The largest absolute Gasteiger partial charge is 0.506 e. The molecule has 188 valence electrons. The fraction of sp³-hybridized carbons (Fsp3) is 0.0625. The molecule has 0 bridgehead atoms. The number of phenolic OH excluding ortho intramolecular Hbond substituents is 2. The molecule has 0 saturated heterocycles. The van der Waals surface area contributed by atoms with Gasteiger partial charge < -0.3 is 31.2 Å². The van der Waals surface area contributed by atoms with E-state index in [1.807, 2.05) is 42.5 Å². The Hall–Kier alpha value is -5.10. The van der Waals surface area contributed by atoms with Crippen molar-refractivity contribution in [1.82, 2.24) is 0 Å². The van der Waals surface area contributed by atoms with Gasteiger partial charge >= 0.3 is 0 Å². The maximum atomic E-state index is 10.3. The monoisotopic (exact) mass is 502 g/mol. The van der Waals surface area contributed by atoms with Crippen LogP contribution in [0.1, 0.15) is 22.6 Å². The summed E-state index contributed by atoms with van der Waals surface area (Å²) < 4.78 is 13.4. The van der Waals surface area contributed by atoms with Gasteiger partial charge in [0.15, 0.2) is 0 Å². The molecule has 1 unspecified atom stereocenters. The average molecular weight is 503 g/mol. The van der Waals surface area contributed by atoms with E-state index in [9.17, 15) is 10.2 Å². The summed E-state index contributed by atoms with van der Waals surface area (Å²) in [5.74, 6) is -1.30. The van der Waals surface area contributed by atoms with Gasteiger partial charge in [-0.3, -0.25) is 0 Å². The number of fused-ring (bicyclic) bond motifs is 2. The third-order valence-electron chi connectivity index (χ3n) is 6.90. The van der Waals surface area contributed by atoms with Crippen molar-refractivity contribution < 1.29 is 19.7 Å². The van der Waals surface area contributed by atoms with Crippen LogP contribution in [0.5, 0.6) is 23.0 Å². The molecule has 0 aromatic heterocycles. The molecule has 0 radical (unpaired) electrons. The van der Waals surface area contributed by atoms with Gasteiger partial charge in [0.2, 0.25) is 0 Å². The Balaban J connectivity index is 1.61. The quantitative estimate of drug-likeness (QED) is 0.125. The number of rotatable bonds is 5. The second-order valence-corrected chi connectivity index (χ2v) is 9.33. The lowest BCUT2D eigenvalue weighted by Crippen LogP contribution is -2.48. The van der Waals surface area contributed by atoms with Gasteiger partial charge in [-0.2, -0.15) is 0 Å². The third-order valence-corrected chi connectivity index (χ3v) is 6.90. The van der Waals surface area contributed by atoms with Gasteiger partial charge in [0.25, 0.3) is 5.79 Å². The highest BCUT2D eigenvalue weighted by molar-refractivity contribution is 5.87. The van der Waals surface area contributed by atoms with Crippen LogP contribution < -0.4 is 20.9 Å². The number of hydrogen-bond donors (Lipinski definition) is 4. The average Bonchev–Trinajstić information content (AvgIpc) is 2.93. The number of anilines is 2. The van der Waals surface area contributed by atoms with Gasteiger partial charge in [0.05, 0.1) is 17.3 Å². The van der Waals surface area contributed by atoms with E-state index in [2.05, 4.69) is 36.4 Å². The summed E-state index contributed by atoms with van der Waals surface area (Å²) in [6.45, 7) is 0. The number of phenols is 2. The van der Waals surface area contributed by atoms with Gasteiger partial charge in [-0.05, 0) is 51.7 Å². The Morgan fingerprint density at radius 1 is 0.632 bits per heavy atom. The smallest absolute Gasteiger partial charge is 0.282 e. The number of aromatic hydroxyl groups is 2. The summed E-state index contributed by atoms with van der Waals surface area (Å²) in [6, 6.07) is 31.9. The SMILES string of the molecule is Nc1ccc(OC2(Oc3ccc(N)c(O)c3)C=Cc3ccccc3C2c2cccc3ccccc23)cc1O. The van der Waals surface area contributed by atoms with Crippen LogP contribution in [0.15, 0.2) is 109 Å². The molecule has 1 aliphatic rings. The van der Waals surface area contributed by atoms with Crippen molar-refractivity contribution in [2.45, 2.75) is 11.7 Å². The van der Waals surface area contributed by atoms with Gasteiger partial charge in [-0.25, -0.2) is 0 Å². The number of nitrogen functional groups attached to an aromatic ring is 2. The summed E-state index contributed by atoms with van der Waals surface area (Å²) in [4.78, 5) is 0. The lowest BCUT2D eigenvalue weighted by molar-refractivity contribution is -0.0835. The van der Waals surface area contributed by atoms with Crippen LogP contribution in [0.25, 0.3) is 16.8 Å². The molecule has 6 heteroatoms. The minimum absolute atomic E-state index is 0.0929. The Bertz CT molecular complexity index is 1640. The molecule has 6 nitrogen and oxygen atoms in total. The molecular weight excluding hydrogens is 476 g/mol. The second kappa shape index (κ2) is 9.09. The molecule has 0 amide bonds. The first-order chi connectivity index (χ1) is 18.4. The minimum atomic E-state index is -1.41. The molecule has 0 aliphatic heterocycles. The predicted octanol–water partition coefficient (Wildman–Crippen LogP) is 6.43. The normalized spacial score (nSPS) is 15.6. The van der Waals surface area contributed by atoms with Crippen molar-refractivity contribution in [3.63, 3.8) is 0 Å². The van der Waals surface area contributed by atoms with Crippen molar-refractivity contribution in [2.75, 3.05) is 11.5 Å². The zero-order valence-corrected chi connectivity index (χ0v) is 20.4. The molecule has 1 atom stereocenters. The molecule has 6 N–H and O–H groups in total. The van der Waals surface area contributed by atoms with Crippen LogP contribution in [0.2, 0.25) is 0 Å². The van der Waals surface area contributed by atoms with Crippen molar-refractivity contribution in [1.29, 1.82) is 0 Å². The molecule has 0 fully saturated rings. The number of hydrogen-bond acceptors (Lipinski definition) is 6. The Morgan fingerprint density at radius 3 is 1.89 bits per heavy atom. The molecule has 0 heterocycles. The summed E-state index contributed by atoms with van der Waals surface area (Å²) in [7, 11) is 0. The lowest BCUT2D eigenvalue weighted by atomic mass is 9.76. The van der Waals surface area contributed by atoms with Gasteiger partial charge in [0, 0.05) is 18.2 Å². The molecule has 38 heavy (non-hydrogen) atoms. The van der Waals surface area contributed by atoms with E-state index < -0.39 is 11.7 Å². The Labute approximate surface area is 220 Å². The predicted molar refractivity (Wildman–Crippen MR) is 150 cm³/mol. The first-order valence-electron chi connectivity index (χ1n) is 12.2. The van der Waals surface area contributed by atoms with Crippen LogP contribution >= 0.6 is 0 Å². The van der Waals surface area contributed by atoms with E-state index in [1.165, 1.54) is 12.1 Å². The first-order valence-corrected chi connectivity index (χ1v) is 12.2. The van der Waals surface area contributed by atoms with E-state index in [0.717, 1.165) is 27.5 Å². The maximum absolute atomic E-state index is 10.3. The molecule has 0 spiro atoms. The number of benzene rings is 5. The minimum Gasteiger partial charge on any atom is -0.506 e. The molecule has 1 aliphatic carbocycles. The van der Waals surface area contributed by atoms with Crippen LogP contribution in [0.3, 0.4) is 0 Å². The van der Waals surface area contributed by atoms with Crippen LogP contribution in [-0.4, -0.2) is 16.0 Å². The molecule has 0 saturated carbocycles. The van der Waals surface area contributed by atoms with Gasteiger partial charge in [0.1, 0.15) is 23.0 Å². The van der Waals surface area contributed by atoms with Gasteiger partial charge in [-0.1, -0.05) is 72.8 Å². The third kappa shape index (κ3) is 4.02. The number of nitrogens with two attached hydrogens (primary N) is 2. The lowest BCUT2D eigenvalue weighted by Gasteiger charge is -2.42. The van der Waals surface area contributed by atoms with Crippen LogP contribution in [0.4, 0.5) is 11.4 Å². The topological polar surface area (TPSA) is 111 Å². The van der Waals surface area contributed by atoms with E-state index >= 15 is 0 Å². The molecule has 6 rings (SSSR count). The van der Waals surface area contributed by atoms with Gasteiger partial charge in [-0.15, -0.1) is 0 Å². The summed E-state index contributed by atoms with van der Waals surface area (Å²) >= 11 is 0. The van der Waals surface area contributed by atoms with Crippen LogP contribution in [0, 0.1) is 0 Å². The van der Waals surface area contributed by atoms with Crippen molar-refractivity contribution in [3.8, 4) is 23.0 Å². The fourth-order valence-corrected chi connectivity index (χ4v) is 5.08. The zero-order valence-electron chi connectivity index (χ0n) is 20.4. The standard InChI is InChI=1S/C32H26N2O4/c33-27-14-12-22(18-29(27)35)37-32(38-23-13-15-28(34)30(36)19-23)17-16-21-7-2-4-10-25(21)31(32)26-11-5-8-20-6-1-3-9-24(20)26/h1-19,31,35-36H,33-34H2. The molecular formula is C32H26N2O4. The maximum Gasteiger partial charge on any atom is 0.282 e. The van der Waals surface area contributed by atoms with E-state index in [4.69, 9.17) is 20.9 Å². The fourth-order valence-electron chi connectivity index (χ4n) is 5.08. The Kier molecular flexibility index (Phi) is 5.57. The highest BCUT2D eigenvalue weighted by Gasteiger charge is 2.47. The van der Waals surface area contributed by atoms with Crippen molar-refractivity contribution in [3.05, 3.63) is 126 Å². The van der Waals surface area contributed by atoms with Crippen molar-refractivity contribution in [2.24, 2.45) is 0 Å². The van der Waals surface area contributed by atoms with E-state index in [-0.39, 0.29) is 22.9 Å². The van der Waals surface area contributed by atoms with E-state index in [0.29, 0.717) is 11.5 Å². The number of ether oxygens (including phenoxy) is 2. The van der Waals surface area contributed by atoms with Crippen LogP contribution in [-0.2, 0) is 0 Å². The summed E-state index contributed by atoms with van der Waals surface area (Å²) in [6.07, 6.45) is 3.84. The molecule has 5 aromatic rings. The zero-order chi connectivity index (χ0) is 26.3. The second-order valence-electron chi connectivity index (χ2n) is 9.33. The summed E-state index contributed by atoms with van der Waals surface area (Å²) in [5.41, 5.74) is 15.2. The highest BCUT2D eigenvalue weighted by atomic mass is 16.7. The summed E-state index contributed by atoms with van der Waals surface area (Å²) in [5, 5.41) is 22.8. The molecule has 5 aromatic carbocycles.